The molecule has 3 nitrogen and oxygen atoms in total. The van der Waals surface area contributed by atoms with Crippen molar-refractivity contribution in [3.63, 3.8) is 0 Å². The molecule has 1 aromatic rings. The van der Waals surface area contributed by atoms with E-state index in [1.54, 1.807) is 17.8 Å². The molecule has 0 aliphatic rings. The maximum absolute atomic E-state index is 11.6. The average Bonchev–Trinajstić information content (AvgIpc) is 2.54. The zero-order valence-electron chi connectivity index (χ0n) is 7.73. The Kier molecular flexibility index (Phi) is 3.44. The normalized spacial score (nSPS) is 14.3. The van der Waals surface area contributed by atoms with Crippen LogP contribution in [0.15, 0.2) is 10.9 Å². The van der Waals surface area contributed by atoms with Gasteiger partial charge in [-0.25, -0.2) is 13.4 Å². The molecular weight excluding hydrogens is 206 g/mol. The van der Waals surface area contributed by atoms with E-state index < -0.39 is 9.84 Å². The minimum Gasteiger partial charge on any atom is -0.249 e. The van der Waals surface area contributed by atoms with Crippen molar-refractivity contribution in [2.45, 2.75) is 31.3 Å². The smallest absolute Gasteiger partial charge is 0.158 e. The van der Waals surface area contributed by atoms with Crippen molar-refractivity contribution in [2.75, 3.05) is 0 Å². The molecule has 74 valence electrons. The lowest BCUT2D eigenvalue weighted by Gasteiger charge is -2.08. The van der Waals surface area contributed by atoms with Gasteiger partial charge >= 0.3 is 0 Å². The summed E-state index contributed by atoms with van der Waals surface area (Å²) >= 11 is 1.42. The summed E-state index contributed by atoms with van der Waals surface area (Å²) < 4.78 is 23.2. The number of hydrogen-bond acceptors (Lipinski definition) is 4. The van der Waals surface area contributed by atoms with Crippen molar-refractivity contribution in [2.24, 2.45) is 0 Å². The highest BCUT2D eigenvalue weighted by molar-refractivity contribution is 7.91. The maximum atomic E-state index is 11.6. The van der Waals surface area contributed by atoms with Gasteiger partial charge in [-0.2, -0.15) is 0 Å². The fourth-order valence-corrected chi connectivity index (χ4v) is 2.94. The molecule has 1 heterocycles. The van der Waals surface area contributed by atoms with E-state index >= 15 is 0 Å². The Morgan fingerprint density at radius 3 is 2.77 bits per heavy atom. The molecule has 0 N–H and O–H groups in total. The molecule has 0 amide bonds. The molecule has 13 heavy (non-hydrogen) atoms. The number of thiazole rings is 1. The Hall–Kier alpha value is -0.420. The van der Waals surface area contributed by atoms with Gasteiger partial charge in [0, 0.05) is 5.38 Å². The van der Waals surface area contributed by atoms with Gasteiger partial charge in [0.2, 0.25) is 0 Å². The molecule has 1 unspecified atom stereocenters. The highest BCUT2D eigenvalue weighted by atomic mass is 32.2. The first-order valence-electron chi connectivity index (χ1n) is 4.15. The number of hydrogen-bond donors (Lipinski definition) is 0. The second-order valence-corrected chi connectivity index (χ2v) is 6.14. The number of sulfone groups is 1. The Morgan fingerprint density at radius 2 is 2.31 bits per heavy atom. The van der Waals surface area contributed by atoms with E-state index in [0.717, 1.165) is 0 Å². The molecule has 1 atom stereocenters. The molecule has 0 radical (unpaired) electrons. The van der Waals surface area contributed by atoms with Crippen LogP contribution in [-0.4, -0.2) is 18.7 Å². The zero-order chi connectivity index (χ0) is 9.90. The summed E-state index contributed by atoms with van der Waals surface area (Å²) in [5.74, 6) is 0.0749. The minimum absolute atomic E-state index is 0.0749. The van der Waals surface area contributed by atoms with Crippen LogP contribution >= 0.6 is 11.3 Å². The van der Waals surface area contributed by atoms with Gasteiger partial charge in [0.15, 0.2) is 9.84 Å². The highest BCUT2D eigenvalue weighted by Crippen LogP contribution is 2.13. The van der Waals surface area contributed by atoms with Crippen LogP contribution in [0, 0.1) is 0 Å². The van der Waals surface area contributed by atoms with E-state index in [4.69, 9.17) is 0 Å². The third-order valence-electron chi connectivity index (χ3n) is 2.02. The summed E-state index contributed by atoms with van der Waals surface area (Å²) in [4.78, 5) is 3.96. The molecular formula is C8H13NO2S2. The standard InChI is InChI=1S/C8H13NO2S2/c1-3-7(2)13(10,11)5-8-4-12-6-9-8/h4,6-7H,3,5H2,1-2H3. The summed E-state index contributed by atoms with van der Waals surface area (Å²) in [6.45, 7) is 3.62. The Morgan fingerprint density at radius 1 is 1.62 bits per heavy atom. The Labute approximate surface area is 82.7 Å². The molecule has 0 saturated heterocycles. The summed E-state index contributed by atoms with van der Waals surface area (Å²) in [7, 11) is -2.99. The van der Waals surface area contributed by atoms with E-state index in [1.165, 1.54) is 11.3 Å². The third-order valence-corrected chi connectivity index (χ3v) is 4.91. The fraction of sp³-hybridized carbons (Fsp3) is 0.625. The first-order chi connectivity index (χ1) is 6.06. The van der Waals surface area contributed by atoms with Crippen LogP contribution in [0.5, 0.6) is 0 Å². The van der Waals surface area contributed by atoms with Crippen molar-refractivity contribution in [1.29, 1.82) is 0 Å². The lowest BCUT2D eigenvalue weighted by molar-refractivity contribution is 0.579. The van der Waals surface area contributed by atoms with Crippen LogP contribution < -0.4 is 0 Å². The first kappa shape index (κ1) is 10.7. The largest absolute Gasteiger partial charge is 0.249 e. The maximum Gasteiger partial charge on any atom is 0.158 e. The van der Waals surface area contributed by atoms with Crippen LogP contribution in [0.4, 0.5) is 0 Å². The summed E-state index contributed by atoms with van der Waals surface area (Å²) in [5, 5.41) is 1.51. The zero-order valence-corrected chi connectivity index (χ0v) is 9.36. The van der Waals surface area contributed by atoms with E-state index in [2.05, 4.69) is 4.98 Å². The van der Waals surface area contributed by atoms with Gasteiger partial charge in [0.05, 0.1) is 22.2 Å². The number of aromatic nitrogens is 1. The lowest BCUT2D eigenvalue weighted by Crippen LogP contribution is -2.18. The Bertz CT molecular complexity index is 342. The van der Waals surface area contributed by atoms with Crippen molar-refractivity contribution in [1.82, 2.24) is 4.98 Å². The molecule has 0 spiro atoms. The van der Waals surface area contributed by atoms with Crippen molar-refractivity contribution in [3.8, 4) is 0 Å². The fourth-order valence-electron chi connectivity index (χ4n) is 0.911. The molecule has 1 aromatic heterocycles. The van der Waals surface area contributed by atoms with Gasteiger partial charge in [-0.1, -0.05) is 6.92 Å². The van der Waals surface area contributed by atoms with Gasteiger partial charge in [-0.3, -0.25) is 0 Å². The SMILES string of the molecule is CCC(C)S(=O)(=O)Cc1cscn1. The molecule has 0 aromatic carbocycles. The number of nitrogens with zero attached hydrogens (tertiary/aromatic N) is 1. The van der Waals surface area contributed by atoms with Gasteiger partial charge in [0.25, 0.3) is 0 Å². The van der Waals surface area contributed by atoms with Crippen LogP contribution in [0.2, 0.25) is 0 Å². The second kappa shape index (κ2) is 4.19. The predicted molar refractivity (Wildman–Crippen MR) is 54.5 cm³/mol. The molecule has 0 fully saturated rings. The molecule has 0 bridgehead atoms. The second-order valence-electron chi connectivity index (χ2n) is 3.01. The minimum atomic E-state index is -2.99. The summed E-state index contributed by atoms with van der Waals surface area (Å²) in [6.07, 6.45) is 0.659. The Balaban J connectivity index is 2.74. The van der Waals surface area contributed by atoms with Crippen LogP contribution in [0.1, 0.15) is 26.0 Å². The molecule has 0 saturated carbocycles. The quantitative estimate of drug-likeness (QED) is 0.776. The van der Waals surface area contributed by atoms with E-state index in [-0.39, 0.29) is 11.0 Å². The van der Waals surface area contributed by atoms with E-state index in [1.807, 2.05) is 6.92 Å². The van der Waals surface area contributed by atoms with E-state index in [9.17, 15) is 8.42 Å². The molecule has 1 rings (SSSR count). The molecule has 0 aliphatic heterocycles. The van der Waals surface area contributed by atoms with Gasteiger partial charge in [-0.05, 0) is 13.3 Å². The van der Waals surface area contributed by atoms with Crippen molar-refractivity contribution in [3.05, 3.63) is 16.6 Å². The van der Waals surface area contributed by atoms with Crippen molar-refractivity contribution >= 4 is 21.2 Å². The number of rotatable bonds is 4. The highest BCUT2D eigenvalue weighted by Gasteiger charge is 2.19. The topological polar surface area (TPSA) is 47.0 Å². The van der Waals surface area contributed by atoms with E-state index in [0.29, 0.717) is 12.1 Å². The van der Waals surface area contributed by atoms with Crippen LogP contribution in [-0.2, 0) is 15.6 Å². The predicted octanol–water partition coefficient (Wildman–Crippen LogP) is 1.86. The van der Waals surface area contributed by atoms with Gasteiger partial charge in [0.1, 0.15) is 0 Å². The van der Waals surface area contributed by atoms with Gasteiger partial charge in [-0.15, -0.1) is 11.3 Å². The van der Waals surface area contributed by atoms with Crippen LogP contribution in [0.3, 0.4) is 0 Å². The third kappa shape index (κ3) is 2.77. The average molecular weight is 219 g/mol. The summed E-state index contributed by atoms with van der Waals surface area (Å²) in [6, 6.07) is 0. The lowest BCUT2D eigenvalue weighted by atomic mass is 10.4. The molecule has 0 aliphatic carbocycles. The summed E-state index contributed by atoms with van der Waals surface area (Å²) in [5.41, 5.74) is 2.31. The van der Waals surface area contributed by atoms with Gasteiger partial charge < -0.3 is 0 Å². The molecule has 5 heteroatoms. The van der Waals surface area contributed by atoms with Crippen LogP contribution in [0.25, 0.3) is 0 Å². The monoisotopic (exact) mass is 219 g/mol. The first-order valence-corrected chi connectivity index (χ1v) is 6.80. The van der Waals surface area contributed by atoms with Crippen molar-refractivity contribution < 1.29 is 8.42 Å².